The van der Waals surface area contributed by atoms with Crippen molar-refractivity contribution in [3.8, 4) is 0 Å². The first-order chi connectivity index (χ1) is 6.62. The molecule has 0 heterocycles. The zero-order valence-electron chi connectivity index (χ0n) is 7.32. The van der Waals surface area contributed by atoms with Crippen molar-refractivity contribution in [2.45, 2.75) is 11.1 Å². The third kappa shape index (κ3) is 3.32. The minimum absolute atomic E-state index is 0. The molecule has 0 amide bonds. The Balaban J connectivity index is 0.00000225. The first kappa shape index (κ1) is 15.1. The van der Waals surface area contributed by atoms with Gasteiger partial charge in [-0.1, -0.05) is 0 Å². The summed E-state index contributed by atoms with van der Waals surface area (Å²) in [5.74, 6) is -1.24. The van der Waals surface area contributed by atoms with Crippen LogP contribution in [0.1, 0.15) is 5.56 Å². The fourth-order valence-electron chi connectivity index (χ4n) is 0.949. The lowest BCUT2D eigenvalue weighted by molar-refractivity contribution is -0.140. The van der Waals surface area contributed by atoms with Gasteiger partial charge in [0.15, 0.2) is 0 Å². The molecular weight excluding hydrogens is 276 g/mol. The second-order valence-corrected chi connectivity index (χ2v) is 4.00. The van der Waals surface area contributed by atoms with Gasteiger partial charge in [-0.05, 0) is 18.2 Å². The van der Waals surface area contributed by atoms with E-state index in [0.717, 1.165) is 0 Å². The predicted octanol–water partition coefficient (Wildman–Crippen LogP) is 2.51. The molecule has 16 heavy (non-hydrogen) atoms. The van der Waals surface area contributed by atoms with Gasteiger partial charge in [0.1, 0.15) is 10.7 Å². The fraction of sp³-hybridized carbons (Fsp3) is 0.143. The maximum Gasteiger partial charge on any atom is 0.417 e. The molecule has 0 aliphatic carbocycles. The van der Waals surface area contributed by atoms with Crippen molar-refractivity contribution < 1.29 is 30.5 Å². The summed E-state index contributed by atoms with van der Waals surface area (Å²) in [6.07, 6.45) is -5.05. The van der Waals surface area contributed by atoms with Crippen LogP contribution in [0.25, 0.3) is 0 Å². The highest BCUT2D eigenvalue weighted by molar-refractivity contribution is 7.85. The van der Waals surface area contributed by atoms with Crippen molar-refractivity contribution in [2.24, 2.45) is 0 Å². The third-order valence-corrected chi connectivity index (χ3v) is 2.44. The molecule has 0 unspecified atom stereocenters. The molecule has 9 heteroatoms. The van der Waals surface area contributed by atoms with Crippen LogP contribution in [-0.2, 0) is 16.3 Å². The molecule has 0 radical (unpaired) electrons. The molecule has 0 fully saturated rings. The second-order valence-electron chi connectivity index (χ2n) is 2.61. The Bertz CT molecular complexity index is 483. The highest BCUT2D eigenvalue weighted by atomic mass is 35.5. The van der Waals surface area contributed by atoms with E-state index in [1.807, 2.05) is 0 Å². The van der Waals surface area contributed by atoms with Crippen molar-refractivity contribution in [1.29, 1.82) is 0 Å². The van der Waals surface area contributed by atoms with Crippen LogP contribution in [0.4, 0.5) is 17.6 Å². The number of hydrogen-bond acceptors (Lipinski definition) is 2. The van der Waals surface area contributed by atoms with E-state index < -0.39 is 32.6 Å². The van der Waals surface area contributed by atoms with E-state index in [1.54, 1.807) is 0 Å². The fourth-order valence-corrected chi connectivity index (χ4v) is 1.64. The molecule has 0 spiro atoms. The largest absolute Gasteiger partial charge is 0.417 e. The highest BCUT2D eigenvalue weighted by Gasteiger charge is 2.37. The quantitative estimate of drug-likeness (QED) is 0.635. The van der Waals surface area contributed by atoms with Gasteiger partial charge in [-0.15, -0.1) is 12.4 Å². The van der Waals surface area contributed by atoms with Crippen LogP contribution in [0.2, 0.25) is 0 Å². The number of benzene rings is 1. The first-order valence-corrected chi connectivity index (χ1v) is 4.90. The number of alkyl halides is 3. The van der Waals surface area contributed by atoms with Crippen LogP contribution in [0.5, 0.6) is 0 Å². The summed E-state index contributed by atoms with van der Waals surface area (Å²) in [5.41, 5.74) is -1.73. The van der Waals surface area contributed by atoms with Gasteiger partial charge in [-0.2, -0.15) is 21.6 Å². The summed E-state index contributed by atoms with van der Waals surface area (Å²) < 4.78 is 78.7. The molecule has 0 aliphatic heterocycles. The van der Waals surface area contributed by atoms with Gasteiger partial charge in [0.05, 0.1) is 5.56 Å². The van der Waals surface area contributed by atoms with Crippen LogP contribution in [0.3, 0.4) is 0 Å². The Hall–Kier alpha value is -0.860. The minimum atomic E-state index is -5.05. The van der Waals surface area contributed by atoms with Crippen LogP contribution in [0, 0.1) is 5.82 Å². The van der Waals surface area contributed by atoms with Gasteiger partial charge in [0.25, 0.3) is 10.1 Å². The van der Waals surface area contributed by atoms with Gasteiger partial charge in [-0.25, -0.2) is 4.39 Å². The van der Waals surface area contributed by atoms with Gasteiger partial charge >= 0.3 is 6.18 Å². The van der Waals surface area contributed by atoms with E-state index in [1.165, 1.54) is 0 Å². The molecular formula is C7H5ClF4O3S. The Morgan fingerprint density at radius 1 is 1.19 bits per heavy atom. The summed E-state index contributed by atoms with van der Waals surface area (Å²) in [7, 11) is -5.02. The molecule has 1 aromatic rings. The average Bonchev–Trinajstić information content (AvgIpc) is 2.00. The van der Waals surface area contributed by atoms with Gasteiger partial charge in [0, 0.05) is 0 Å². The molecule has 0 aliphatic rings. The second kappa shape index (κ2) is 4.56. The van der Waals surface area contributed by atoms with E-state index in [0.29, 0.717) is 12.1 Å². The van der Waals surface area contributed by atoms with Crippen LogP contribution in [0.15, 0.2) is 23.1 Å². The molecule has 0 saturated heterocycles. The standard InChI is InChI=1S/C7H4F4O3S.ClH/c8-4-1-2-6(15(12,13)14)5(3-4)7(9,10)11;/h1-3H,(H,12,13,14);1H. The summed E-state index contributed by atoms with van der Waals surface area (Å²) in [6.45, 7) is 0. The van der Waals surface area contributed by atoms with Gasteiger partial charge < -0.3 is 0 Å². The number of rotatable bonds is 1. The lowest BCUT2D eigenvalue weighted by Crippen LogP contribution is -2.13. The molecule has 1 rings (SSSR count). The molecule has 1 aromatic carbocycles. The average molecular weight is 281 g/mol. The predicted molar refractivity (Wildman–Crippen MR) is 48.5 cm³/mol. The lowest BCUT2D eigenvalue weighted by atomic mass is 10.2. The molecule has 0 bridgehead atoms. The smallest absolute Gasteiger partial charge is 0.282 e. The maximum absolute atomic E-state index is 12.5. The molecule has 0 saturated carbocycles. The number of hydrogen-bond donors (Lipinski definition) is 1. The van der Waals surface area contributed by atoms with E-state index >= 15 is 0 Å². The van der Waals surface area contributed by atoms with Gasteiger partial charge in [-0.3, -0.25) is 4.55 Å². The zero-order valence-corrected chi connectivity index (χ0v) is 8.96. The Kier molecular flexibility index (Phi) is 4.31. The van der Waals surface area contributed by atoms with Crippen LogP contribution >= 0.6 is 12.4 Å². The SMILES string of the molecule is Cl.O=S(=O)(O)c1ccc(F)cc1C(F)(F)F. The van der Waals surface area contributed by atoms with Gasteiger partial charge in [0.2, 0.25) is 0 Å². The summed E-state index contributed by atoms with van der Waals surface area (Å²) in [6, 6.07) is 0.870. The first-order valence-electron chi connectivity index (χ1n) is 3.46. The Morgan fingerprint density at radius 2 is 1.69 bits per heavy atom. The zero-order chi connectivity index (χ0) is 11.9. The molecule has 3 nitrogen and oxygen atoms in total. The van der Waals surface area contributed by atoms with Crippen molar-refractivity contribution in [2.75, 3.05) is 0 Å². The summed E-state index contributed by atoms with van der Waals surface area (Å²) >= 11 is 0. The topological polar surface area (TPSA) is 54.4 Å². The lowest BCUT2D eigenvalue weighted by Gasteiger charge is -2.10. The normalized spacial score (nSPS) is 12.1. The van der Waals surface area contributed by atoms with E-state index in [2.05, 4.69) is 0 Å². The summed E-state index contributed by atoms with van der Waals surface area (Å²) in [5, 5.41) is 0. The monoisotopic (exact) mass is 280 g/mol. The molecule has 92 valence electrons. The van der Waals surface area contributed by atoms with Crippen LogP contribution in [-0.4, -0.2) is 13.0 Å². The Morgan fingerprint density at radius 3 is 2.06 bits per heavy atom. The number of halogens is 5. The van der Waals surface area contributed by atoms with Crippen molar-refractivity contribution >= 4 is 22.5 Å². The highest BCUT2D eigenvalue weighted by Crippen LogP contribution is 2.34. The Labute approximate surface area is 94.2 Å². The minimum Gasteiger partial charge on any atom is -0.282 e. The van der Waals surface area contributed by atoms with Crippen molar-refractivity contribution in [3.63, 3.8) is 0 Å². The van der Waals surface area contributed by atoms with Crippen molar-refractivity contribution in [1.82, 2.24) is 0 Å². The summed E-state index contributed by atoms with van der Waals surface area (Å²) in [4.78, 5) is -1.36. The molecule has 0 aromatic heterocycles. The van der Waals surface area contributed by atoms with E-state index in [-0.39, 0.29) is 18.5 Å². The maximum atomic E-state index is 12.5. The third-order valence-electron chi connectivity index (χ3n) is 1.52. The van der Waals surface area contributed by atoms with Crippen molar-refractivity contribution in [3.05, 3.63) is 29.6 Å². The molecule has 0 atom stereocenters. The van der Waals surface area contributed by atoms with E-state index in [4.69, 9.17) is 4.55 Å². The van der Waals surface area contributed by atoms with Crippen LogP contribution < -0.4 is 0 Å². The van der Waals surface area contributed by atoms with E-state index in [9.17, 15) is 26.0 Å². The molecule has 1 N–H and O–H groups in total.